The third-order valence-electron chi connectivity index (χ3n) is 4.28. The number of carbonyl (C=O) groups is 1. The average Bonchev–Trinajstić information content (AvgIpc) is 3.26. The van der Waals surface area contributed by atoms with E-state index in [-0.39, 0.29) is 29.7 Å². The summed E-state index contributed by atoms with van der Waals surface area (Å²) >= 11 is 9.48. The molecule has 0 bridgehead atoms. The lowest BCUT2D eigenvalue weighted by Gasteiger charge is -2.17. The Morgan fingerprint density at radius 2 is 2.21 bits per heavy atom. The van der Waals surface area contributed by atoms with Crippen molar-refractivity contribution in [1.82, 2.24) is 10.3 Å². The van der Waals surface area contributed by atoms with Gasteiger partial charge in [-0.25, -0.2) is 14.2 Å². The van der Waals surface area contributed by atoms with Crippen LogP contribution in [0.5, 0.6) is 5.75 Å². The van der Waals surface area contributed by atoms with Gasteiger partial charge in [-0.3, -0.25) is 5.32 Å². The van der Waals surface area contributed by atoms with Crippen LogP contribution in [-0.4, -0.2) is 23.7 Å². The topological polar surface area (TPSA) is 63.2 Å². The van der Waals surface area contributed by atoms with Crippen molar-refractivity contribution >= 4 is 39.4 Å². The van der Waals surface area contributed by atoms with Crippen molar-refractivity contribution in [3.8, 4) is 5.75 Å². The number of anilines is 1. The molecule has 1 aliphatic carbocycles. The lowest BCUT2D eigenvalue weighted by molar-refractivity contribution is 0.248. The summed E-state index contributed by atoms with van der Waals surface area (Å²) in [6.07, 6.45) is 1.60. The number of hydrogen-bond donors (Lipinski definition) is 2. The van der Waals surface area contributed by atoms with Crippen molar-refractivity contribution in [1.29, 1.82) is 0 Å². The van der Waals surface area contributed by atoms with Crippen LogP contribution in [0.15, 0.2) is 34.9 Å². The highest BCUT2D eigenvalue weighted by Crippen LogP contribution is 2.56. The van der Waals surface area contributed by atoms with Crippen molar-refractivity contribution in [2.75, 3.05) is 11.9 Å². The number of carbonyl (C=O) groups excluding carboxylic acids is 1. The van der Waals surface area contributed by atoms with Crippen LogP contribution in [-0.2, 0) is 0 Å². The molecule has 3 unspecified atom stereocenters. The molecule has 124 valence electrons. The Hall–Kier alpha value is -1.86. The van der Waals surface area contributed by atoms with Gasteiger partial charge in [0.15, 0.2) is 11.6 Å². The van der Waals surface area contributed by atoms with Gasteiger partial charge in [0.05, 0.1) is 6.61 Å². The number of pyridine rings is 1. The van der Waals surface area contributed by atoms with Crippen LogP contribution in [0.2, 0.25) is 5.02 Å². The first-order valence-corrected chi connectivity index (χ1v) is 8.51. The van der Waals surface area contributed by atoms with Crippen molar-refractivity contribution in [3.63, 3.8) is 0 Å². The van der Waals surface area contributed by atoms with Gasteiger partial charge in [-0.1, -0.05) is 11.6 Å². The summed E-state index contributed by atoms with van der Waals surface area (Å²) in [5.74, 6) is 0.283. The van der Waals surface area contributed by atoms with Gasteiger partial charge in [0.25, 0.3) is 0 Å². The molecule has 1 aromatic heterocycles. The number of ether oxygens (including phenoxy) is 1. The molecule has 0 spiro atoms. The second-order valence-corrected chi connectivity index (χ2v) is 7.08. The third-order valence-corrected chi connectivity index (χ3v) is 5.08. The van der Waals surface area contributed by atoms with Crippen molar-refractivity contribution < 1.29 is 13.9 Å². The highest BCUT2D eigenvalue weighted by atomic mass is 79.9. The van der Waals surface area contributed by atoms with E-state index >= 15 is 0 Å². The van der Waals surface area contributed by atoms with Crippen molar-refractivity contribution in [2.24, 2.45) is 5.92 Å². The van der Waals surface area contributed by atoms with Gasteiger partial charge in [0.1, 0.15) is 5.82 Å². The molecule has 0 saturated heterocycles. The van der Waals surface area contributed by atoms with Crippen LogP contribution in [0.25, 0.3) is 0 Å². The third kappa shape index (κ3) is 2.71. The molecule has 2 N–H and O–H groups in total. The van der Waals surface area contributed by atoms with E-state index in [0.717, 1.165) is 4.47 Å². The molecule has 5 nitrogen and oxygen atoms in total. The van der Waals surface area contributed by atoms with Gasteiger partial charge in [-0.2, -0.15) is 0 Å². The van der Waals surface area contributed by atoms with E-state index in [1.165, 1.54) is 12.1 Å². The SMILES string of the molecule is O=C(Nc1ccc(Br)cn1)NC1C2COc3c(F)ccc(Cl)c3C21. The van der Waals surface area contributed by atoms with E-state index in [9.17, 15) is 9.18 Å². The zero-order valence-corrected chi connectivity index (χ0v) is 14.6. The number of hydrogen-bond acceptors (Lipinski definition) is 3. The number of amides is 2. The fourth-order valence-electron chi connectivity index (χ4n) is 3.11. The number of nitrogens with zero attached hydrogens (tertiary/aromatic N) is 1. The van der Waals surface area contributed by atoms with Gasteiger partial charge in [-0.15, -0.1) is 0 Å². The van der Waals surface area contributed by atoms with E-state index in [0.29, 0.717) is 23.0 Å². The molecular formula is C16H12BrClFN3O2. The molecule has 2 amide bonds. The standard InChI is InChI=1S/C16H12BrClFN3O2/c17-7-1-4-11(20-5-7)21-16(23)22-14-8-6-24-15-10(19)3-2-9(18)13(15)12(8)14/h1-5,8,12,14H,6H2,(H2,20,21,22,23). The summed E-state index contributed by atoms with van der Waals surface area (Å²) < 4.78 is 20.2. The van der Waals surface area contributed by atoms with E-state index in [4.69, 9.17) is 16.3 Å². The molecule has 1 aliphatic heterocycles. The molecule has 8 heteroatoms. The molecule has 2 heterocycles. The number of benzene rings is 1. The van der Waals surface area contributed by atoms with Crippen molar-refractivity contribution in [2.45, 2.75) is 12.0 Å². The summed E-state index contributed by atoms with van der Waals surface area (Å²) in [4.78, 5) is 16.2. The molecule has 4 rings (SSSR count). The molecule has 1 aromatic carbocycles. The maximum atomic E-state index is 13.9. The molecule has 1 fully saturated rings. The predicted molar refractivity (Wildman–Crippen MR) is 91.0 cm³/mol. The van der Waals surface area contributed by atoms with Crippen LogP contribution in [0.3, 0.4) is 0 Å². The van der Waals surface area contributed by atoms with E-state index in [2.05, 4.69) is 31.5 Å². The Labute approximate surface area is 150 Å². The van der Waals surface area contributed by atoms with Gasteiger partial charge in [-0.05, 0) is 40.2 Å². The summed E-state index contributed by atoms with van der Waals surface area (Å²) in [5, 5.41) is 6.01. The smallest absolute Gasteiger partial charge is 0.320 e. The second-order valence-electron chi connectivity index (χ2n) is 5.76. The molecule has 1 saturated carbocycles. The van der Waals surface area contributed by atoms with E-state index in [1.54, 1.807) is 18.3 Å². The van der Waals surface area contributed by atoms with Crippen LogP contribution in [0.1, 0.15) is 11.5 Å². The van der Waals surface area contributed by atoms with Gasteiger partial charge in [0.2, 0.25) is 0 Å². The van der Waals surface area contributed by atoms with E-state index < -0.39 is 5.82 Å². The van der Waals surface area contributed by atoms with Crippen LogP contribution in [0.4, 0.5) is 15.0 Å². The van der Waals surface area contributed by atoms with Crippen molar-refractivity contribution in [3.05, 3.63) is 51.3 Å². The summed E-state index contributed by atoms with van der Waals surface area (Å²) in [6.45, 7) is 0.358. The second kappa shape index (κ2) is 5.89. The first kappa shape index (κ1) is 15.7. The minimum absolute atomic E-state index is 0.0272. The first-order valence-electron chi connectivity index (χ1n) is 7.34. The lowest BCUT2D eigenvalue weighted by atomic mass is 10.1. The van der Waals surface area contributed by atoms with Gasteiger partial charge >= 0.3 is 6.03 Å². The minimum Gasteiger partial charge on any atom is -0.490 e. The normalized spacial score (nSPS) is 23.5. The quantitative estimate of drug-likeness (QED) is 0.785. The number of rotatable bonds is 2. The molecule has 24 heavy (non-hydrogen) atoms. The maximum absolute atomic E-state index is 13.9. The average molecular weight is 413 g/mol. The molecule has 3 atom stereocenters. The van der Waals surface area contributed by atoms with Crippen LogP contribution in [0, 0.1) is 11.7 Å². The monoisotopic (exact) mass is 411 g/mol. The Balaban J connectivity index is 1.47. The largest absolute Gasteiger partial charge is 0.490 e. The van der Waals surface area contributed by atoms with Crippen LogP contribution >= 0.6 is 27.5 Å². The highest BCUT2D eigenvalue weighted by molar-refractivity contribution is 9.10. The Kier molecular flexibility index (Phi) is 3.85. The van der Waals surface area contributed by atoms with Gasteiger partial charge in [0, 0.05) is 39.1 Å². The molecule has 2 aromatic rings. The predicted octanol–water partition coefficient (Wildman–Crippen LogP) is 3.93. The van der Waals surface area contributed by atoms with E-state index in [1.807, 2.05) is 0 Å². The molecule has 2 aliphatic rings. The Morgan fingerprint density at radius 3 is 2.96 bits per heavy atom. The van der Waals surface area contributed by atoms with Gasteiger partial charge < -0.3 is 10.1 Å². The number of urea groups is 1. The summed E-state index contributed by atoms with van der Waals surface area (Å²) in [7, 11) is 0. The number of nitrogens with one attached hydrogen (secondary N) is 2. The highest BCUT2D eigenvalue weighted by Gasteiger charge is 2.57. The number of aromatic nitrogens is 1. The van der Waals surface area contributed by atoms with Crippen LogP contribution < -0.4 is 15.4 Å². The number of halogens is 3. The maximum Gasteiger partial charge on any atom is 0.320 e. The first-order chi connectivity index (χ1) is 11.5. The zero-order valence-electron chi connectivity index (χ0n) is 12.2. The zero-order chi connectivity index (χ0) is 16.8. The molecule has 0 radical (unpaired) electrons. The minimum atomic E-state index is -0.429. The molecular weight excluding hydrogens is 401 g/mol. The summed E-state index contributed by atoms with van der Waals surface area (Å²) in [5.41, 5.74) is 0.639. The summed E-state index contributed by atoms with van der Waals surface area (Å²) in [6, 6.07) is 5.78. The Morgan fingerprint density at radius 1 is 1.38 bits per heavy atom. The number of fused-ring (bicyclic) bond motifs is 3. The fourth-order valence-corrected chi connectivity index (χ4v) is 3.62. The fraction of sp³-hybridized carbons (Fsp3) is 0.250. The lowest BCUT2D eigenvalue weighted by Crippen LogP contribution is -2.32. The Bertz CT molecular complexity index is 818.